The van der Waals surface area contributed by atoms with E-state index in [4.69, 9.17) is 26.8 Å². The lowest BCUT2D eigenvalue weighted by Gasteiger charge is -2.30. The third-order valence-corrected chi connectivity index (χ3v) is 4.37. The van der Waals surface area contributed by atoms with Crippen LogP contribution in [0.15, 0.2) is 18.2 Å². The van der Waals surface area contributed by atoms with Crippen LogP contribution in [0, 0.1) is 5.92 Å². The number of nitrogens with two attached hydrogens (primary N) is 1. The van der Waals surface area contributed by atoms with Gasteiger partial charge in [0, 0.05) is 19.2 Å². The molecular formula is C18H23ClN2O4. The second-order valence-electron chi connectivity index (χ2n) is 5.83. The van der Waals surface area contributed by atoms with Gasteiger partial charge in [-0.2, -0.15) is 0 Å². The summed E-state index contributed by atoms with van der Waals surface area (Å²) in [6, 6.07) is 3.47. The first-order valence-electron chi connectivity index (χ1n) is 8.22. The van der Waals surface area contributed by atoms with E-state index >= 15 is 0 Å². The molecule has 2 N–H and O–H groups in total. The molecule has 0 aliphatic carbocycles. The average Bonchev–Trinajstić information content (AvgIpc) is 2.60. The van der Waals surface area contributed by atoms with Crippen molar-refractivity contribution in [3.8, 4) is 11.5 Å². The monoisotopic (exact) mass is 366 g/mol. The molecule has 1 aromatic rings. The first-order valence-corrected chi connectivity index (χ1v) is 8.60. The van der Waals surface area contributed by atoms with Crippen molar-refractivity contribution < 1.29 is 19.1 Å². The number of likely N-dealkylation sites (tertiary alicyclic amines) is 1. The fourth-order valence-electron chi connectivity index (χ4n) is 2.83. The van der Waals surface area contributed by atoms with Crippen molar-refractivity contribution in [3.63, 3.8) is 0 Å². The lowest BCUT2D eigenvalue weighted by molar-refractivity contribution is -0.130. The Balaban J connectivity index is 2.12. The van der Waals surface area contributed by atoms with Gasteiger partial charge in [0.2, 0.25) is 11.8 Å². The van der Waals surface area contributed by atoms with Crippen molar-refractivity contribution in [3.05, 3.63) is 28.8 Å². The molecule has 1 fully saturated rings. The SMILES string of the molecule is CCOc1cc(/C=C/C(=O)N2CCCC(C(N)=O)C2)cc(Cl)c1OC. The van der Waals surface area contributed by atoms with Crippen LogP contribution in [0.25, 0.3) is 6.08 Å². The molecule has 0 saturated carbocycles. The normalized spacial score (nSPS) is 17.6. The highest BCUT2D eigenvalue weighted by Gasteiger charge is 2.25. The second-order valence-corrected chi connectivity index (χ2v) is 6.23. The molecule has 2 rings (SSSR count). The second kappa shape index (κ2) is 8.76. The summed E-state index contributed by atoms with van der Waals surface area (Å²) in [6.45, 7) is 3.33. The number of piperidine rings is 1. The molecule has 1 unspecified atom stereocenters. The van der Waals surface area contributed by atoms with Crippen molar-refractivity contribution in [1.29, 1.82) is 0 Å². The Kier molecular flexibility index (Phi) is 6.70. The van der Waals surface area contributed by atoms with Crippen LogP contribution in [0.2, 0.25) is 5.02 Å². The number of amides is 2. The molecule has 1 atom stereocenters. The Bertz CT molecular complexity index is 675. The molecule has 1 aliphatic heterocycles. The zero-order chi connectivity index (χ0) is 18.4. The number of benzene rings is 1. The number of primary amides is 1. The molecule has 0 radical (unpaired) electrons. The Morgan fingerprint density at radius 1 is 1.44 bits per heavy atom. The Morgan fingerprint density at radius 2 is 2.20 bits per heavy atom. The lowest BCUT2D eigenvalue weighted by atomic mass is 9.97. The van der Waals surface area contributed by atoms with Crippen molar-refractivity contribution in [2.24, 2.45) is 11.7 Å². The van der Waals surface area contributed by atoms with E-state index in [1.165, 1.54) is 13.2 Å². The Labute approximate surface area is 152 Å². The number of halogens is 1. The van der Waals surface area contributed by atoms with Gasteiger partial charge in [-0.3, -0.25) is 9.59 Å². The number of hydrogen-bond acceptors (Lipinski definition) is 4. The van der Waals surface area contributed by atoms with Gasteiger partial charge in [-0.15, -0.1) is 0 Å². The van der Waals surface area contributed by atoms with Crippen LogP contribution in [0.1, 0.15) is 25.3 Å². The van der Waals surface area contributed by atoms with E-state index in [1.807, 2.05) is 6.92 Å². The van der Waals surface area contributed by atoms with E-state index in [2.05, 4.69) is 0 Å². The molecule has 1 heterocycles. The number of ether oxygens (including phenoxy) is 2. The molecule has 1 aliphatic rings. The predicted octanol–water partition coefficient (Wildman–Crippen LogP) is 2.48. The van der Waals surface area contributed by atoms with Gasteiger partial charge in [0.1, 0.15) is 0 Å². The van der Waals surface area contributed by atoms with Crippen LogP contribution in [-0.4, -0.2) is 43.5 Å². The quantitative estimate of drug-likeness (QED) is 0.784. The van der Waals surface area contributed by atoms with Crippen LogP contribution in [0.4, 0.5) is 0 Å². The molecule has 0 bridgehead atoms. The van der Waals surface area contributed by atoms with Crippen molar-refractivity contribution in [2.45, 2.75) is 19.8 Å². The zero-order valence-electron chi connectivity index (χ0n) is 14.5. The molecule has 6 nitrogen and oxygen atoms in total. The van der Waals surface area contributed by atoms with Gasteiger partial charge in [0.25, 0.3) is 0 Å². The van der Waals surface area contributed by atoms with Crippen molar-refractivity contribution in [1.82, 2.24) is 4.90 Å². The minimum Gasteiger partial charge on any atom is -0.491 e. The average molecular weight is 367 g/mol. The number of carbonyl (C=O) groups is 2. The summed E-state index contributed by atoms with van der Waals surface area (Å²) in [5.74, 6) is 0.204. The number of rotatable bonds is 6. The third kappa shape index (κ3) is 4.89. The molecular weight excluding hydrogens is 344 g/mol. The fraction of sp³-hybridized carbons (Fsp3) is 0.444. The molecule has 1 aromatic carbocycles. The number of methoxy groups -OCH3 is 1. The summed E-state index contributed by atoms with van der Waals surface area (Å²) < 4.78 is 10.8. The highest BCUT2D eigenvalue weighted by Crippen LogP contribution is 2.36. The first-order chi connectivity index (χ1) is 12.0. The van der Waals surface area contributed by atoms with Crippen molar-refractivity contribution in [2.75, 3.05) is 26.8 Å². The molecule has 0 spiro atoms. The van der Waals surface area contributed by atoms with E-state index in [-0.39, 0.29) is 17.7 Å². The topological polar surface area (TPSA) is 81.9 Å². The molecule has 1 saturated heterocycles. The van der Waals surface area contributed by atoms with Crippen molar-refractivity contribution >= 4 is 29.5 Å². The maximum Gasteiger partial charge on any atom is 0.246 e. The standard InChI is InChI=1S/C18H23ClN2O4/c1-3-25-15-10-12(9-14(19)17(15)24-2)6-7-16(22)21-8-4-5-13(11-21)18(20)23/h6-7,9-10,13H,3-5,8,11H2,1-2H3,(H2,20,23)/b7-6+. The van der Waals surface area contributed by atoms with Gasteiger partial charge in [-0.05, 0) is 43.5 Å². The number of carbonyl (C=O) groups excluding carboxylic acids is 2. The molecule has 2 amide bonds. The molecule has 136 valence electrons. The Hall–Kier alpha value is -2.21. The Morgan fingerprint density at radius 3 is 2.84 bits per heavy atom. The first kappa shape index (κ1) is 19.1. The summed E-state index contributed by atoms with van der Waals surface area (Å²) in [6.07, 6.45) is 4.64. The van der Waals surface area contributed by atoms with Gasteiger partial charge in [-0.25, -0.2) is 0 Å². The zero-order valence-corrected chi connectivity index (χ0v) is 15.2. The summed E-state index contributed by atoms with van der Waals surface area (Å²) in [4.78, 5) is 25.3. The van der Waals surface area contributed by atoms with Crippen LogP contribution >= 0.6 is 11.6 Å². The van der Waals surface area contributed by atoms with Crippen LogP contribution < -0.4 is 15.2 Å². The maximum atomic E-state index is 12.4. The largest absolute Gasteiger partial charge is 0.491 e. The highest BCUT2D eigenvalue weighted by atomic mass is 35.5. The van der Waals surface area contributed by atoms with E-state index in [0.717, 1.165) is 18.4 Å². The fourth-order valence-corrected chi connectivity index (χ4v) is 3.12. The summed E-state index contributed by atoms with van der Waals surface area (Å²) in [7, 11) is 1.52. The lowest BCUT2D eigenvalue weighted by Crippen LogP contribution is -2.43. The van der Waals surface area contributed by atoms with E-state index in [0.29, 0.717) is 36.2 Å². The maximum absolute atomic E-state index is 12.4. The van der Waals surface area contributed by atoms with Gasteiger partial charge in [0.05, 0.1) is 24.7 Å². The van der Waals surface area contributed by atoms with Crippen LogP contribution in [0.3, 0.4) is 0 Å². The van der Waals surface area contributed by atoms with E-state index in [1.54, 1.807) is 23.1 Å². The van der Waals surface area contributed by atoms with E-state index in [9.17, 15) is 9.59 Å². The summed E-state index contributed by atoms with van der Waals surface area (Å²) in [5.41, 5.74) is 6.08. The van der Waals surface area contributed by atoms with Gasteiger partial charge >= 0.3 is 0 Å². The summed E-state index contributed by atoms with van der Waals surface area (Å²) in [5, 5.41) is 0.410. The highest BCUT2D eigenvalue weighted by molar-refractivity contribution is 6.32. The molecule has 25 heavy (non-hydrogen) atoms. The van der Waals surface area contributed by atoms with Gasteiger partial charge in [-0.1, -0.05) is 11.6 Å². The van der Waals surface area contributed by atoms with Crippen LogP contribution in [-0.2, 0) is 9.59 Å². The van der Waals surface area contributed by atoms with Gasteiger partial charge < -0.3 is 20.1 Å². The minimum atomic E-state index is -0.357. The summed E-state index contributed by atoms with van der Waals surface area (Å²) >= 11 is 6.20. The van der Waals surface area contributed by atoms with Gasteiger partial charge in [0.15, 0.2) is 11.5 Å². The minimum absolute atomic E-state index is 0.157. The number of nitrogens with zero attached hydrogens (tertiary/aromatic N) is 1. The predicted molar refractivity (Wildman–Crippen MR) is 96.7 cm³/mol. The molecule has 0 aromatic heterocycles. The molecule has 7 heteroatoms. The van der Waals surface area contributed by atoms with Crippen LogP contribution in [0.5, 0.6) is 11.5 Å². The number of hydrogen-bond donors (Lipinski definition) is 1. The third-order valence-electron chi connectivity index (χ3n) is 4.09. The van der Waals surface area contributed by atoms with E-state index < -0.39 is 0 Å². The smallest absolute Gasteiger partial charge is 0.246 e.